The number of rotatable bonds is 3. The van der Waals surface area contributed by atoms with Gasteiger partial charge in [0.15, 0.2) is 6.61 Å². The fourth-order valence-corrected chi connectivity index (χ4v) is 1.12. The van der Waals surface area contributed by atoms with Crippen LogP contribution in [0.2, 0.25) is 0 Å². The van der Waals surface area contributed by atoms with E-state index in [1.807, 2.05) is 30.3 Å². The highest BCUT2D eigenvalue weighted by Crippen LogP contribution is 1.96. The number of nitrogens with zero attached hydrogens (tertiary/aromatic N) is 2. The van der Waals surface area contributed by atoms with Crippen LogP contribution in [0, 0.1) is 0 Å². The molecule has 3 heteroatoms. The fourth-order valence-electron chi connectivity index (χ4n) is 1.12. The Bertz CT molecular complexity index is 336. The first-order valence-corrected chi connectivity index (χ1v) is 4.43. The second-order valence-corrected chi connectivity index (χ2v) is 2.86. The van der Waals surface area contributed by atoms with Crippen molar-refractivity contribution in [1.29, 1.82) is 0 Å². The summed E-state index contributed by atoms with van der Waals surface area (Å²) in [6, 6.07) is 10.0. The molecule has 0 aliphatic heterocycles. The Morgan fingerprint density at radius 3 is 2.50 bits per heavy atom. The molecule has 0 amide bonds. The number of hydrogen-bond donors (Lipinski definition) is 0. The highest BCUT2D eigenvalue weighted by atomic mass is 16.7. The molecule has 0 N–H and O–H groups in total. The van der Waals surface area contributed by atoms with E-state index in [4.69, 9.17) is 4.84 Å². The summed E-state index contributed by atoms with van der Waals surface area (Å²) in [6.07, 6.45) is 6.90. The molecule has 14 heavy (non-hydrogen) atoms. The third-order valence-corrected chi connectivity index (χ3v) is 1.82. The first-order chi connectivity index (χ1) is 6.95. The fraction of sp³-hybridized carbons (Fsp3) is 0.0909. The minimum atomic E-state index is 0.565. The van der Waals surface area contributed by atoms with Crippen LogP contribution in [0.3, 0.4) is 0 Å². The minimum absolute atomic E-state index is 0.565. The molecule has 2 rings (SSSR count). The van der Waals surface area contributed by atoms with Gasteiger partial charge in [-0.1, -0.05) is 30.3 Å². The van der Waals surface area contributed by atoms with Crippen molar-refractivity contribution in [1.82, 2.24) is 4.98 Å². The average molecular weight is 187 g/mol. The number of hydrogen-bond acceptors (Lipinski definition) is 2. The Kier molecular flexibility index (Phi) is 2.71. The SMILES string of the molecule is c1ccc(CO[n+]2ccncc2)cc1. The molecule has 0 aliphatic carbocycles. The average Bonchev–Trinajstić information content (AvgIpc) is 2.29. The van der Waals surface area contributed by atoms with Crippen LogP contribution in [0.15, 0.2) is 55.1 Å². The van der Waals surface area contributed by atoms with Crippen LogP contribution in [0.1, 0.15) is 5.56 Å². The summed E-state index contributed by atoms with van der Waals surface area (Å²) in [5.41, 5.74) is 1.15. The van der Waals surface area contributed by atoms with Gasteiger partial charge in [-0.2, -0.15) is 0 Å². The number of aromatic nitrogens is 2. The highest BCUT2D eigenvalue weighted by molar-refractivity contribution is 5.13. The van der Waals surface area contributed by atoms with Crippen molar-refractivity contribution in [3.05, 3.63) is 60.7 Å². The summed E-state index contributed by atoms with van der Waals surface area (Å²) in [4.78, 5) is 9.37. The molecule has 0 radical (unpaired) electrons. The van der Waals surface area contributed by atoms with Crippen LogP contribution in [0.5, 0.6) is 0 Å². The van der Waals surface area contributed by atoms with E-state index in [0.29, 0.717) is 6.61 Å². The van der Waals surface area contributed by atoms with Crippen LogP contribution in [0.25, 0.3) is 0 Å². The molecule has 0 bridgehead atoms. The first-order valence-electron chi connectivity index (χ1n) is 4.43. The van der Waals surface area contributed by atoms with Crippen LogP contribution < -0.4 is 9.57 Å². The molecule has 0 unspecified atom stereocenters. The molecule has 0 atom stereocenters. The largest absolute Gasteiger partial charge is 0.267 e. The first kappa shape index (κ1) is 8.69. The molecule has 0 saturated heterocycles. The standard InChI is InChI=1S/C11H11N2O/c1-2-4-11(5-3-1)10-14-13-8-6-12-7-9-13/h1-9H,10H2/q+1. The van der Waals surface area contributed by atoms with Crippen LogP contribution in [0.4, 0.5) is 0 Å². The zero-order chi connectivity index (χ0) is 9.64. The molecule has 3 nitrogen and oxygen atoms in total. The lowest BCUT2D eigenvalue weighted by atomic mass is 10.2. The maximum absolute atomic E-state index is 5.47. The molecule has 1 heterocycles. The molecule has 0 saturated carbocycles. The van der Waals surface area contributed by atoms with Gasteiger partial charge in [0.2, 0.25) is 12.4 Å². The lowest BCUT2D eigenvalue weighted by Gasteiger charge is -1.97. The van der Waals surface area contributed by atoms with E-state index in [2.05, 4.69) is 4.98 Å². The van der Waals surface area contributed by atoms with Gasteiger partial charge in [0.1, 0.15) is 0 Å². The Morgan fingerprint density at radius 2 is 1.79 bits per heavy atom. The third-order valence-electron chi connectivity index (χ3n) is 1.82. The monoisotopic (exact) mass is 187 g/mol. The lowest BCUT2D eigenvalue weighted by Crippen LogP contribution is -2.41. The Morgan fingerprint density at radius 1 is 1.07 bits per heavy atom. The Hall–Kier alpha value is -1.90. The normalized spacial score (nSPS) is 9.71. The molecule has 70 valence electrons. The van der Waals surface area contributed by atoms with Gasteiger partial charge in [-0.15, -0.1) is 0 Å². The summed E-state index contributed by atoms with van der Waals surface area (Å²) < 4.78 is 1.64. The molecular formula is C11H11N2O+. The van der Waals surface area contributed by atoms with E-state index in [1.165, 1.54) is 0 Å². The van der Waals surface area contributed by atoms with E-state index in [1.54, 1.807) is 29.5 Å². The van der Waals surface area contributed by atoms with Crippen molar-refractivity contribution in [2.24, 2.45) is 0 Å². The van der Waals surface area contributed by atoms with Crippen molar-refractivity contribution < 1.29 is 9.57 Å². The minimum Gasteiger partial charge on any atom is -0.267 e. The van der Waals surface area contributed by atoms with E-state index < -0.39 is 0 Å². The summed E-state index contributed by atoms with van der Waals surface area (Å²) in [5, 5.41) is 0. The van der Waals surface area contributed by atoms with Crippen LogP contribution in [-0.4, -0.2) is 4.98 Å². The summed E-state index contributed by atoms with van der Waals surface area (Å²) in [7, 11) is 0. The van der Waals surface area contributed by atoms with Crippen LogP contribution in [-0.2, 0) is 6.61 Å². The maximum atomic E-state index is 5.47. The van der Waals surface area contributed by atoms with Crippen molar-refractivity contribution in [3.63, 3.8) is 0 Å². The van der Waals surface area contributed by atoms with Gasteiger partial charge >= 0.3 is 0 Å². The van der Waals surface area contributed by atoms with Gasteiger partial charge in [-0.05, 0) is 5.56 Å². The third kappa shape index (κ3) is 2.29. The second-order valence-electron chi connectivity index (χ2n) is 2.86. The van der Waals surface area contributed by atoms with E-state index in [-0.39, 0.29) is 0 Å². The lowest BCUT2D eigenvalue weighted by molar-refractivity contribution is -0.895. The highest BCUT2D eigenvalue weighted by Gasteiger charge is 1.99. The van der Waals surface area contributed by atoms with Gasteiger partial charge in [-0.25, -0.2) is 0 Å². The predicted octanol–water partition coefficient (Wildman–Crippen LogP) is 0.998. The second kappa shape index (κ2) is 4.37. The summed E-state index contributed by atoms with van der Waals surface area (Å²) in [6.45, 7) is 0.565. The molecule has 2 aromatic rings. The zero-order valence-electron chi connectivity index (χ0n) is 7.71. The van der Waals surface area contributed by atoms with Crippen LogP contribution >= 0.6 is 0 Å². The maximum Gasteiger partial charge on any atom is 0.240 e. The summed E-state index contributed by atoms with van der Waals surface area (Å²) >= 11 is 0. The zero-order valence-corrected chi connectivity index (χ0v) is 7.71. The van der Waals surface area contributed by atoms with E-state index in [0.717, 1.165) is 5.56 Å². The molecule has 1 aromatic carbocycles. The Labute approximate surface area is 82.6 Å². The van der Waals surface area contributed by atoms with Gasteiger partial charge in [0.05, 0.1) is 12.4 Å². The van der Waals surface area contributed by atoms with Crippen molar-refractivity contribution in [2.45, 2.75) is 6.61 Å². The molecule has 0 aliphatic rings. The van der Waals surface area contributed by atoms with E-state index >= 15 is 0 Å². The van der Waals surface area contributed by atoms with Gasteiger partial charge < -0.3 is 0 Å². The van der Waals surface area contributed by atoms with Gasteiger partial charge in [0, 0.05) is 4.73 Å². The number of benzene rings is 1. The molecule has 1 aromatic heterocycles. The van der Waals surface area contributed by atoms with Gasteiger partial charge in [0.25, 0.3) is 0 Å². The van der Waals surface area contributed by atoms with E-state index in [9.17, 15) is 0 Å². The van der Waals surface area contributed by atoms with Crippen molar-refractivity contribution in [2.75, 3.05) is 0 Å². The van der Waals surface area contributed by atoms with Crippen molar-refractivity contribution >= 4 is 0 Å². The van der Waals surface area contributed by atoms with Gasteiger partial charge in [-0.3, -0.25) is 9.82 Å². The molecule has 0 spiro atoms. The molecular weight excluding hydrogens is 176 g/mol. The topological polar surface area (TPSA) is 26.0 Å². The predicted molar refractivity (Wildman–Crippen MR) is 51.2 cm³/mol. The smallest absolute Gasteiger partial charge is 0.240 e. The quantitative estimate of drug-likeness (QED) is 0.670. The molecule has 0 fully saturated rings. The summed E-state index contributed by atoms with van der Waals surface area (Å²) in [5.74, 6) is 0. The van der Waals surface area contributed by atoms with Crippen molar-refractivity contribution in [3.8, 4) is 0 Å². The Balaban J connectivity index is 1.96.